The summed E-state index contributed by atoms with van der Waals surface area (Å²) in [5, 5.41) is 0. The molecule has 0 spiro atoms. The Labute approximate surface area is 81.3 Å². The predicted octanol–water partition coefficient (Wildman–Crippen LogP) is 1.57. The van der Waals surface area contributed by atoms with Crippen LogP contribution < -0.4 is 0 Å². The monoisotopic (exact) mass is 148 g/mol. The fourth-order valence-electron chi connectivity index (χ4n) is 0. The average Bonchev–Trinajstić information content (AvgIpc) is 1.25. The molecule has 0 nitrogen and oxygen atoms in total. The van der Waals surface area contributed by atoms with Gasteiger partial charge in [-0.05, 0) is 0 Å². The molecule has 0 heterocycles. The Morgan fingerprint density at radius 3 is 1.50 bits per heavy atom. The molecule has 0 radical (unpaired) electrons. The second-order valence-electron chi connectivity index (χ2n) is 1.45. The molecule has 0 aliphatic heterocycles. The minimum absolute atomic E-state index is 0.868. The van der Waals surface area contributed by atoms with Gasteiger partial charge in [0.05, 0.1) is 0 Å². The quantitative estimate of drug-likeness (QED) is 0.457. The van der Waals surface area contributed by atoms with E-state index in [1.807, 2.05) is 0 Å². The van der Waals surface area contributed by atoms with Crippen LogP contribution in [-0.2, 0) is 0 Å². The van der Waals surface area contributed by atoms with E-state index in [2.05, 4.69) is 13.5 Å². The molecule has 0 aliphatic carbocycles. The molecule has 0 aliphatic rings. The van der Waals surface area contributed by atoms with E-state index in [0.29, 0.717) is 0 Å². The van der Waals surface area contributed by atoms with Gasteiger partial charge in [0.25, 0.3) is 0 Å². The van der Waals surface area contributed by atoms with Gasteiger partial charge in [-0.2, -0.15) is 0 Å². The van der Waals surface area contributed by atoms with Crippen LogP contribution in [0.3, 0.4) is 0 Å². The molecule has 5 heteroatoms. The van der Waals surface area contributed by atoms with E-state index in [-0.39, 0.29) is 0 Å². The van der Waals surface area contributed by atoms with E-state index in [1.165, 1.54) is -0.332 Å². The van der Waals surface area contributed by atoms with Crippen LogP contribution in [0.1, 0.15) is 6.92 Å². The van der Waals surface area contributed by atoms with Gasteiger partial charge in [0.15, 0.2) is 0 Å². The zero-order chi connectivity index (χ0) is 7.15. The second kappa shape index (κ2) is 8.23. The van der Waals surface area contributed by atoms with Gasteiger partial charge in [-0.15, -0.1) is 0 Å². The number of hydrogen-bond donors (Lipinski definition) is 0. The van der Waals surface area contributed by atoms with E-state index in [9.17, 15) is 12.9 Å². The molecule has 0 aromatic heterocycles. The third kappa shape index (κ3) is 185. The molecular formula is C3H5BF3K. The van der Waals surface area contributed by atoms with E-state index < -0.39 is 7.54 Å². The molecule has 0 atom stereocenters. The Hall–Kier alpha value is 1.23. The molecule has 0 rings (SSSR count). The summed E-state index contributed by atoms with van der Waals surface area (Å²) in [5.41, 5.74) is 0. The Balaban J connectivity index is 0. The van der Waals surface area contributed by atoms with Crippen molar-refractivity contribution < 1.29 is 12.9 Å². The van der Waals surface area contributed by atoms with E-state index in [0.717, 1.165) is 49.0 Å². The summed E-state index contributed by atoms with van der Waals surface area (Å²) in [4.78, 5) is 0. The summed E-state index contributed by atoms with van der Waals surface area (Å²) in [7, 11) is -3.67. The van der Waals surface area contributed by atoms with Crippen LogP contribution in [0.2, 0.25) is 0 Å². The third-order valence-corrected chi connectivity index (χ3v) is 0. The number of halogens is 3. The number of hydrogen-bond acceptors (Lipinski definition) is 0. The van der Waals surface area contributed by atoms with Crippen molar-refractivity contribution in [2.75, 3.05) is 0 Å². The van der Waals surface area contributed by atoms with Gasteiger partial charge in [-0.3, -0.25) is 12.9 Å². The maximum absolute atomic E-state index is 9.67. The maximum Gasteiger partial charge on any atom is 0.762 e. The molecule has 0 amide bonds. The van der Waals surface area contributed by atoms with Crippen LogP contribution >= 0.6 is 0 Å². The molecule has 0 aromatic rings. The second-order valence-corrected chi connectivity index (χ2v) is 4.12. The summed E-state index contributed by atoms with van der Waals surface area (Å²) in [6.07, 6.45) is 0. The molecule has 0 saturated carbocycles. The smallest absolute Gasteiger partial charge is 0.254 e. The molecular weight excluding hydrogens is 143 g/mol. The van der Waals surface area contributed by atoms with Gasteiger partial charge in [0.2, 0.25) is 0 Å². The van der Waals surface area contributed by atoms with Crippen LogP contribution in [0.25, 0.3) is 0 Å². The van der Waals surface area contributed by atoms with E-state index in [1.54, 1.807) is 0 Å². The largest absolute Gasteiger partial charge is 0.762 e. The van der Waals surface area contributed by atoms with Gasteiger partial charge >= 0.3 is 69.7 Å². The molecule has 0 fully saturated rings. The molecule has 0 saturated heterocycles. The van der Waals surface area contributed by atoms with Crippen LogP contribution in [0.4, 0.5) is 12.9 Å². The first-order chi connectivity index (χ1) is 3.46. The van der Waals surface area contributed by atoms with Crippen molar-refractivity contribution in [3.05, 3.63) is 6.25 Å². The van der Waals surface area contributed by atoms with Crippen molar-refractivity contribution in [1.29, 1.82) is 0 Å². The topological polar surface area (TPSA) is 0 Å². The van der Waals surface area contributed by atoms with Crippen molar-refractivity contribution in [3.63, 3.8) is 0 Å². The van der Waals surface area contributed by atoms with Crippen LogP contribution in [0, 0.1) is 0 Å². The first kappa shape index (κ1) is 12.0. The maximum atomic E-state index is 9.67. The summed E-state index contributed by atoms with van der Waals surface area (Å²) in [6, 6.07) is 0. The fourth-order valence-corrected chi connectivity index (χ4v) is 0. The number of rotatable bonds is 0. The van der Waals surface area contributed by atoms with Crippen LogP contribution in [-0.4, -0.2) is 56.5 Å². The Kier molecular flexibility index (Phi) is 12.3. The standard InChI is InChI=1S/C3H5.BF3.K/c1-3-2;2-1(3)4;/h1H2,2H3;;. The third-order valence-electron chi connectivity index (χ3n) is 0. The Morgan fingerprint density at radius 1 is 1.50 bits per heavy atom. The number of allylic oxidation sites excluding steroid dienone is 1. The minimum Gasteiger partial charge on any atom is -0.254 e. The minimum atomic E-state index is -3.67. The Bertz CT molecular complexity index is 58.8. The van der Waals surface area contributed by atoms with Gasteiger partial charge in [-0.25, -0.2) is 0 Å². The van der Waals surface area contributed by atoms with Crippen LogP contribution in [0.5, 0.6) is 0 Å². The van der Waals surface area contributed by atoms with E-state index >= 15 is 0 Å². The summed E-state index contributed by atoms with van der Waals surface area (Å²) >= 11 is 0.868. The molecule has 8 heavy (non-hydrogen) atoms. The molecule has 0 aromatic carbocycles. The van der Waals surface area contributed by atoms with Crippen molar-refractivity contribution in [2.45, 2.75) is 6.92 Å². The van der Waals surface area contributed by atoms with Gasteiger partial charge < -0.3 is 0 Å². The SMILES string of the molecule is C=[C](C)[K].FB(F)F. The molecule has 0 unspecified atom stereocenters. The fraction of sp³-hybridized carbons (Fsp3) is 0.333. The van der Waals surface area contributed by atoms with Crippen molar-refractivity contribution in [3.8, 4) is 0 Å². The molecule has 42 valence electrons. The van der Waals surface area contributed by atoms with Crippen LogP contribution in [0.15, 0.2) is 6.25 Å². The predicted molar refractivity (Wildman–Crippen MR) is 29.6 cm³/mol. The van der Waals surface area contributed by atoms with Crippen molar-refractivity contribution >= 4 is 56.5 Å². The Morgan fingerprint density at radius 2 is 1.50 bits per heavy atom. The first-order valence-corrected chi connectivity index (χ1v) is 3.57. The van der Waals surface area contributed by atoms with E-state index in [4.69, 9.17) is 0 Å². The first-order valence-electron chi connectivity index (χ1n) is 2.01. The molecule has 0 N–H and O–H groups in total. The normalized spacial score (nSPS) is 6.75. The van der Waals surface area contributed by atoms with Gasteiger partial charge in [0.1, 0.15) is 0 Å². The zero-order valence-electron chi connectivity index (χ0n) is 4.92. The molecule has 0 bridgehead atoms. The van der Waals surface area contributed by atoms with Crippen molar-refractivity contribution in [2.24, 2.45) is 0 Å². The average molecular weight is 148 g/mol. The van der Waals surface area contributed by atoms with Gasteiger partial charge in [0, 0.05) is 0 Å². The van der Waals surface area contributed by atoms with Gasteiger partial charge in [-0.1, -0.05) is 0 Å². The van der Waals surface area contributed by atoms with Crippen molar-refractivity contribution in [1.82, 2.24) is 0 Å². The summed E-state index contributed by atoms with van der Waals surface area (Å²) in [6.45, 7) is 5.69. The summed E-state index contributed by atoms with van der Waals surface area (Å²) < 4.78 is 30.4. The zero-order valence-corrected chi connectivity index (χ0v) is 8.04. The summed E-state index contributed by atoms with van der Waals surface area (Å²) in [5.74, 6) is 0.